The Morgan fingerprint density at radius 3 is 0.984 bits per heavy atom. The van der Waals surface area contributed by atoms with Crippen LogP contribution >= 0.6 is 35.6 Å². The second-order valence-electron chi connectivity index (χ2n) is 32.4. The van der Waals surface area contributed by atoms with Crippen LogP contribution in [-0.2, 0) is 66.8 Å². The number of halogens is 4. The smallest absolute Gasteiger partial charge is 0.408 e. The van der Waals surface area contributed by atoms with Crippen molar-refractivity contribution in [1.82, 2.24) is 16.0 Å². The molecule has 0 unspecified atom stereocenters. The van der Waals surface area contributed by atoms with Crippen LogP contribution in [0.25, 0.3) is 0 Å². The van der Waals surface area contributed by atoms with Crippen molar-refractivity contribution >= 4 is 169 Å². The van der Waals surface area contributed by atoms with Crippen LogP contribution in [0, 0.1) is 85.9 Å². The van der Waals surface area contributed by atoms with Crippen molar-refractivity contribution in [3.05, 3.63) is 167 Å². The van der Waals surface area contributed by atoms with Crippen molar-refractivity contribution in [2.24, 2.45) is 23.7 Å². The van der Waals surface area contributed by atoms with E-state index in [1.54, 1.807) is 170 Å². The molecular weight excluding hydrogens is 2180 g/mol. The summed E-state index contributed by atoms with van der Waals surface area (Å²) in [6, 6.07) is 38.6. The van der Waals surface area contributed by atoms with Gasteiger partial charge in [0, 0.05) is 156 Å². The summed E-state index contributed by atoms with van der Waals surface area (Å²) in [5.41, 5.74) is 14.7. The number of quaternary nitrogens is 1. The molecule has 6 aromatic rings. The van der Waals surface area contributed by atoms with E-state index in [2.05, 4.69) is 51.5 Å². The molecule has 0 bridgehead atoms. The van der Waals surface area contributed by atoms with E-state index in [-0.39, 0.29) is 190 Å². The molecule has 2 radical (unpaired) electrons. The minimum Gasteiger partial charge on any atom is -1.00 e. The van der Waals surface area contributed by atoms with E-state index in [1.807, 2.05) is 65.8 Å². The van der Waals surface area contributed by atoms with Crippen LogP contribution in [0.4, 0.5) is 55.1 Å². The largest absolute Gasteiger partial charge is 1.00 e. The zero-order chi connectivity index (χ0) is 96.0. The maximum atomic E-state index is 12.9. The number of carboxylic acids is 2. The monoisotopic (exact) mass is 2310 g/mol. The van der Waals surface area contributed by atoms with Gasteiger partial charge >= 0.3 is 24.1 Å². The van der Waals surface area contributed by atoms with Gasteiger partial charge in [0.25, 0.3) is 35.4 Å². The van der Waals surface area contributed by atoms with Crippen LogP contribution in [0.2, 0.25) is 10.0 Å². The fraction of sp³-hybridized carbons (Fsp3) is 0.455. The summed E-state index contributed by atoms with van der Waals surface area (Å²) in [7, 11) is 1.00. The number of nitrogens with two attached hydrogens (primary N) is 1. The minimum absolute atomic E-state index is 0. The number of aliphatic carboxylic acids is 1. The first-order valence-corrected chi connectivity index (χ1v) is 40.9. The van der Waals surface area contributed by atoms with Crippen molar-refractivity contribution in [3.63, 3.8) is 0 Å². The number of carboxylic acid groups (broad SMARTS) is 2. The zero-order valence-electron chi connectivity index (χ0n) is 78.8. The van der Waals surface area contributed by atoms with Crippen LogP contribution in [0.3, 0.4) is 0 Å². The van der Waals surface area contributed by atoms with E-state index in [1.165, 1.54) is 12.1 Å². The predicted molar refractivity (Wildman–Crippen MR) is 493 cm³/mol. The SMILES string of the molecule is CC(C)C[C@@H](NC(=O)OC(C)(C)C)C(=O)Nc1ccc(N2CCOCC2=O)cc1.CC(C)C[C@@H](NC(=O)OC(C)(C)C)C(=O)O.CC(C)C[C@@H](NC(=O)c1ccc(Cl)cc1)C(=O)Nc1ccc(N2CCOCC2=O)cc1.CC(C)C[C@@H]([NH3+])C(=O)Nc1ccc(N2CCOCC2=O)cc1.Cl.Nc1ccc(N2CCOCC2=O)cc1.O=C(O)c1ccc(Cl)cc1.[3H][B][3H].[3H][B][3H].[Cl-].[U].[U]. The number of benzene rings is 6. The Morgan fingerprint density at radius 2 is 0.711 bits per heavy atom. The summed E-state index contributed by atoms with van der Waals surface area (Å²) in [6.45, 7) is 31.1. The molecule has 0 aliphatic carbocycles. The molecule has 4 aliphatic heterocycles. The molecule has 4 fully saturated rings. The molecule has 4 atom stereocenters. The quantitative estimate of drug-likeness (QED) is 0.0209. The molecule has 0 spiro atoms. The molecule has 698 valence electrons. The number of nitrogens with one attached hydrogen (secondary N) is 6. The van der Waals surface area contributed by atoms with Gasteiger partial charge in [0.15, 0.2) is 6.04 Å². The third-order valence-corrected chi connectivity index (χ3v) is 18.1. The Hall–Kier alpha value is -8.45. The minimum atomic E-state index is -1.04. The molecule has 4 aliphatic rings. The molecule has 10 rings (SSSR count). The Balaban J connectivity index is 0. The number of carbonyl (C=O) groups is 12. The van der Waals surface area contributed by atoms with Gasteiger partial charge in [0.05, 0.1) is 48.7 Å². The van der Waals surface area contributed by atoms with Crippen molar-refractivity contribution < 1.29 is 177 Å². The standard InChI is InChI=1S/C23H26ClN3O4.C21H31N3O5.C16H23N3O3.C11H21NO4.C10H12N2O2.C7H5ClO2.2BH2.2ClH.2U/c1-15(2)13-20(26-22(29)16-3-5-17(24)6-4-16)23(30)25-18-7-9-19(10-8-18)27-11-12-31-14-21(27)28;1-14(2)12-17(23-20(27)29-21(3,4)5)19(26)22-15-6-8-16(9-7-15)24-10-11-28-13-18(24)25;1-11(2)9-14(17)16(21)18-12-3-5-13(6-4-12)19-7-8-22-10-15(19)20;1-7(2)6-8(9(13)14)12-10(15)16-11(3,4)5;11-8-1-3-9(4-2-8)12-5-6-14-7-10(12)13;8-6-3-1-5(2-4-6)7(9)10;;;;;;/h3-10,15,20H,11-14H2,1-2H3,(H,25,30)(H,26,29);6-9,14,17H,10-13H2,1-5H3,(H,22,26)(H,23,27);3-6,11,14H,7-10,17H2,1-2H3,(H,18,21);7-8H,6H2,1-5H3,(H,12,15)(H,13,14);1-4H,5-7,11H2;1-4H,(H,9,10);2*1H2;2*1H;;/t20-;17-;14-;8-;;;;;;;;/m1111......../s1/i;;;;;;2*1T2;;;;. The number of amides is 10. The van der Waals surface area contributed by atoms with Gasteiger partial charge < -0.3 is 114 Å². The number of hydrogen-bond acceptors (Lipinski definition) is 19. The predicted octanol–water partition coefficient (Wildman–Crippen LogP) is 7.33. The number of nitrogen functional groups attached to an aromatic ring is 1. The van der Waals surface area contributed by atoms with Crippen molar-refractivity contribution in [2.75, 3.05) is 120 Å². The molecule has 40 heteroatoms. The van der Waals surface area contributed by atoms with Crippen molar-refractivity contribution in [2.45, 2.75) is 158 Å². The number of morpholine rings is 4. The Morgan fingerprint density at radius 1 is 0.445 bits per heavy atom. The van der Waals surface area contributed by atoms with E-state index in [0.717, 1.165) is 29.2 Å². The molecule has 128 heavy (non-hydrogen) atoms. The summed E-state index contributed by atoms with van der Waals surface area (Å²) in [4.78, 5) is 149. The first-order valence-electron chi connectivity index (χ1n) is 42.5. The zero-order valence-corrected chi connectivity index (χ0v) is 86.2. The molecule has 6 aromatic carbocycles. The number of anilines is 8. The molecule has 0 aromatic heterocycles. The van der Waals surface area contributed by atoms with Gasteiger partial charge in [-0.25, -0.2) is 19.2 Å². The second-order valence-corrected chi connectivity index (χ2v) is 33.3. The summed E-state index contributed by atoms with van der Waals surface area (Å²) in [5.74, 6) is -2.20. The molecule has 4 saturated heterocycles. The van der Waals surface area contributed by atoms with E-state index < -0.39 is 53.5 Å². The molecule has 4 heterocycles. The number of nitrogens with zero attached hydrogens (tertiary/aromatic N) is 4. The van der Waals surface area contributed by atoms with Gasteiger partial charge in [-0.3, -0.25) is 38.4 Å². The van der Waals surface area contributed by atoms with Crippen LogP contribution < -0.4 is 75.4 Å². The van der Waals surface area contributed by atoms with Crippen LogP contribution in [0.1, 0.15) is 143 Å². The van der Waals surface area contributed by atoms with Gasteiger partial charge in [0.2, 0.25) is 11.8 Å². The third-order valence-electron chi connectivity index (χ3n) is 17.6. The van der Waals surface area contributed by atoms with Crippen LogP contribution in [0.5, 0.6) is 0 Å². The van der Waals surface area contributed by atoms with Crippen molar-refractivity contribution in [1.29, 1.82) is 5.34 Å². The summed E-state index contributed by atoms with van der Waals surface area (Å²) in [6.07, 6.45) is 0.789. The first kappa shape index (κ1) is 114. The molecular formula is C88H124B2Cl4N12O20U2. The normalized spacial score (nSPS) is 14.6. The van der Waals surface area contributed by atoms with E-state index >= 15 is 0 Å². The Kier molecular flexibility index (Phi) is 54.4. The summed E-state index contributed by atoms with van der Waals surface area (Å²) < 4.78 is 53.7. The van der Waals surface area contributed by atoms with Gasteiger partial charge in [-0.2, -0.15) is 0 Å². The molecule has 13 N–H and O–H groups in total. The Labute approximate surface area is 829 Å². The maximum absolute atomic E-state index is 12.9. The first-order chi connectivity index (χ1) is 60.3. The Bertz CT molecular complexity index is 4500. The second kappa shape index (κ2) is 61.2. The van der Waals surface area contributed by atoms with Gasteiger partial charge in [0.1, 0.15) is 55.8 Å². The number of hydrogen-bond donors (Lipinski definition) is 10. The van der Waals surface area contributed by atoms with Crippen molar-refractivity contribution in [3.8, 4) is 0 Å². The topological polar surface area (TPSA) is 439 Å². The average molecular weight is 2320 g/mol. The average Bonchev–Trinajstić information content (AvgIpc) is 0.865. The number of alkyl carbamates (subject to hydrolysis) is 2. The van der Waals surface area contributed by atoms with Crippen LogP contribution in [-0.4, -0.2) is 218 Å². The van der Waals surface area contributed by atoms with E-state index in [9.17, 15) is 57.5 Å². The molecule has 10 amide bonds. The number of aromatic carboxylic acids is 1. The van der Waals surface area contributed by atoms with Crippen LogP contribution in [0.15, 0.2) is 146 Å². The van der Waals surface area contributed by atoms with E-state index in [0.29, 0.717) is 133 Å². The number of carbonyl (C=O) groups excluding carboxylic acids is 10. The molecule has 32 nitrogen and oxygen atoms in total. The fourth-order valence-electron chi connectivity index (χ4n) is 11.8. The van der Waals surface area contributed by atoms with Gasteiger partial charge in [-0.05, 0) is 235 Å². The summed E-state index contributed by atoms with van der Waals surface area (Å²) in [5, 5.41) is 34.8. The molecule has 0 saturated carbocycles. The maximum Gasteiger partial charge on any atom is 0.408 e. The fourth-order valence-corrected chi connectivity index (χ4v) is 12.1. The number of rotatable bonds is 24. The van der Waals surface area contributed by atoms with E-state index in [4.69, 9.17) is 72.9 Å². The number of ether oxygens (including phenoxy) is 6. The van der Waals surface area contributed by atoms with Gasteiger partial charge in [-0.1, -0.05) is 78.6 Å². The third kappa shape index (κ3) is 46.4. The van der Waals surface area contributed by atoms with Gasteiger partial charge in [-0.15, -0.1) is 12.4 Å². The summed E-state index contributed by atoms with van der Waals surface area (Å²) >= 11 is 11.4.